The number of nitrogens with zero attached hydrogens (tertiary/aromatic N) is 4. The Morgan fingerprint density at radius 1 is 1.07 bits per heavy atom. The van der Waals surface area contributed by atoms with Crippen LogP contribution < -0.4 is 9.54 Å². The number of aromatic nitrogens is 1. The molecule has 30 heavy (non-hydrogen) atoms. The van der Waals surface area contributed by atoms with Crippen LogP contribution in [-0.2, 0) is 0 Å². The van der Waals surface area contributed by atoms with E-state index in [4.69, 9.17) is 15.1 Å². The number of hydrogen-bond donors (Lipinski definition) is 0. The van der Waals surface area contributed by atoms with E-state index in [1.54, 1.807) is 36.8 Å². The molecule has 0 aliphatic heterocycles. The lowest BCUT2D eigenvalue weighted by Gasteiger charge is -2.07. The number of rotatable bonds is 5. The van der Waals surface area contributed by atoms with Gasteiger partial charge in [0.05, 0.1) is 30.7 Å². The minimum atomic E-state index is 0.630. The van der Waals surface area contributed by atoms with Crippen molar-refractivity contribution in [2.45, 2.75) is 6.92 Å². The van der Waals surface area contributed by atoms with E-state index >= 15 is 0 Å². The molecule has 0 atom stereocenters. The van der Waals surface area contributed by atoms with Gasteiger partial charge in [0.2, 0.25) is 4.80 Å². The summed E-state index contributed by atoms with van der Waals surface area (Å²) in [6.45, 7) is 2.70. The minimum Gasteiger partial charge on any atom is -0.497 e. The SMILES string of the molecule is CCN=c1scc(-c2ccc3cc(OC)ccc3c2)n1N=Cc1ccc(C#N)cc1. The maximum atomic E-state index is 8.97. The summed E-state index contributed by atoms with van der Waals surface area (Å²) in [6.07, 6.45) is 1.79. The summed E-state index contributed by atoms with van der Waals surface area (Å²) in [5.41, 5.74) is 3.60. The molecule has 0 spiro atoms. The Balaban J connectivity index is 1.77. The molecule has 148 valence electrons. The van der Waals surface area contributed by atoms with Crippen molar-refractivity contribution in [2.75, 3.05) is 13.7 Å². The first-order chi connectivity index (χ1) is 14.7. The molecule has 0 saturated carbocycles. The van der Waals surface area contributed by atoms with Crippen molar-refractivity contribution in [3.8, 4) is 23.1 Å². The topological polar surface area (TPSA) is 62.7 Å². The van der Waals surface area contributed by atoms with Crippen molar-refractivity contribution in [3.05, 3.63) is 82.0 Å². The van der Waals surface area contributed by atoms with Crippen LogP contribution in [0.25, 0.3) is 22.0 Å². The summed E-state index contributed by atoms with van der Waals surface area (Å²) in [4.78, 5) is 5.43. The van der Waals surface area contributed by atoms with Crippen LogP contribution in [0.4, 0.5) is 0 Å². The van der Waals surface area contributed by atoms with Crippen molar-refractivity contribution in [1.82, 2.24) is 4.68 Å². The number of nitriles is 1. The highest BCUT2D eigenvalue weighted by Crippen LogP contribution is 2.27. The average molecular weight is 413 g/mol. The molecule has 0 bridgehead atoms. The lowest BCUT2D eigenvalue weighted by atomic mass is 10.1. The Morgan fingerprint density at radius 2 is 1.83 bits per heavy atom. The van der Waals surface area contributed by atoms with Crippen molar-refractivity contribution >= 4 is 28.3 Å². The van der Waals surface area contributed by atoms with Gasteiger partial charge in [0, 0.05) is 17.5 Å². The fourth-order valence-corrected chi connectivity index (χ4v) is 4.03. The highest BCUT2D eigenvalue weighted by Gasteiger charge is 2.09. The first kappa shape index (κ1) is 19.6. The first-order valence-corrected chi connectivity index (χ1v) is 10.4. The van der Waals surface area contributed by atoms with Crippen LogP contribution in [0.15, 0.2) is 76.1 Å². The van der Waals surface area contributed by atoms with Gasteiger partial charge in [0.1, 0.15) is 5.75 Å². The van der Waals surface area contributed by atoms with Gasteiger partial charge < -0.3 is 4.74 Å². The number of fused-ring (bicyclic) bond motifs is 1. The Labute approximate surface area is 178 Å². The van der Waals surface area contributed by atoms with E-state index in [1.807, 2.05) is 35.9 Å². The zero-order valence-corrected chi connectivity index (χ0v) is 17.6. The molecule has 6 heteroatoms. The fourth-order valence-electron chi connectivity index (χ4n) is 3.13. The van der Waals surface area contributed by atoms with E-state index in [2.05, 4.69) is 40.7 Å². The second kappa shape index (κ2) is 8.76. The average Bonchev–Trinajstić information content (AvgIpc) is 3.20. The first-order valence-electron chi connectivity index (χ1n) is 9.55. The summed E-state index contributed by atoms with van der Waals surface area (Å²) in [5.74, 6) is 0.844. The predicted octanol–water partition coefficient (Wildman–Crippen LogP) is 5.05. The number of hydrogen-bond acceptors (Lipinski definition) is 5. The molecule has 4 aromatic rings. The zero-order chi connectivity index (χ0) is 20.9. The Morgan fingerprint density at radius 3 is 2.57 bits per heavy atom. The molecule has 1 aromatic heterocycles. The van der Waals surface area contributed by atoms with Crippen molar-refractivity contribution in [1.29, 1.82) is 5.26 Å². The highest BCUT2D eigenvalue weighted by molar-refractivity contribution is 7.07. The molecular weight excluding hydrogens is 392 g/mol. The van der Waals surface area contributed by atoms with Crippen molar-refractivity contribution in [2.24, 2.45) is 10.1 Å². The van der Waals surface area contributed by atoms with Crippen LogP contribution >= 0.6 is 11.3 Å². The highest BCUT2D eigenvalue weighted by atomic mass is 32.1. The van der Waals surface area contributed by atoms with Crippen LogP contribution in [-0.4, -0.2) is 24.5 Å². The maximum Gasteiger partial charge on any atom is 0.206 e. The molecule has 3 aromatic carbocycles. The normalized spacial score (nSPS) is 11.8. The second-order valence-corrected chi connectivity index (χ2v) is 7.43. The Bertz CT molecular complexity index is 1320. The van der Waals surface area contributed by atoms with Gasteiger partial charge in [-0.3, -0.25) is 4.99 Å². The standard InChI is InChI=1S/C24H20N4OS/c1-3-26-24-28(27-15-18-6-4-17(14-25)5-7-18)23(16-30-24)21-9-8-20-13-22(29-2)11-10-19(20)12-21/h4-13,15-16H,3H2,1-2H3. The van der Waals surface area contributed by atoms with Gasteiger partial charge in [-0.1, -0.05) is 30.3 Å². The monoisotopic (exact) mass is 412 g/mol. The molecule has 0 radical (unpaired) electrons. The molecular formula is C24H20N4OS. The van der Waals surface area contributed by atoms with Crippen LogP contribution in [0.1, 0.15) is 18.1 Å². The van der Waals surface area contributed by atoms with Crippen molar-refractivity contribution in [3.63, 3.8) is 0 Å². The minimum absolute atomic E-state index is 0.630. The predicted molar refractivity (Wildman–Crippen MR) is 122 cm³/mol. The second-order valence-electron chi connectivity index (χ2n) is 6.60. The quantitative estimate of drug-likeness (QED) is 0.431. The molecule has 0 saturated heterocycles. The van der Waals surface area contributed by atoms with Gasteiger partial charge in [-0.2, -0.15) is 10.4 Å². The van der Waals surface area contributed by atoms with Gasteiger partial charge in [-0.15, -0.1) is 11.3 Å². The number of methoxy groups -OCH3 is 1. The third-order valence-electron chi connectivity index (χ3n) is 4.68. The summed E-state index contributed by atoms with van der Waals surface area (Å²) in [7, 11) is 1.68. The molecule has 5 nitrogen and oxygen atoms in total. The van der Waals surface area contributed by atoms with Crippen LogP contribution in [0, 0.1) is 11.3 Å². The van der Waals surface area contributed by atoms with Crippen LogP contribution in [0.3, 0.4) is 0 Å². The van der Waals surface area contributed by atoms with Gasteiger partial charge in [0.25, 0.3) is 0 Å². The third-order valence-corrected chi connectivity index (χ3v) is 5.54. The lowest BCUT2D eigenvalue weighted by Crippen LogP contribution is -2.12. The van der Waals surface area contributed by atoms with E-state index in [1.165, 1.54) is 0 Å². The van der Waals surface area contributed by atoms with Crippen LogP contribution in [0.5, 0.6) is 5.75 Å². The third kappa shape index (κ3) is 4.02. The van der Waals surface area contributed by atoms with E-state index < -0.39 is 0 Å². The molecule has 0 aliphatic rings. The zero-order valence-electron chi connectivity index (χ0n) is 16.7. The summed E-state index contributed by atoms with van der Waals surface area (Å²) in [5, 5.41) is 18.0. The molecule has 0 amide bonds. The summed E-state index contributed by atoms with van der Waals surface area (Å²) >= 11 is 1.57. The van der Waals surface area contributed by atoms with Crippen molar-refractivity contribution < 1.29 is 4.74 Å². The molecule has 0 unspecified atom stereocenters. The van der Waals surface area contributed by atoms with Gasteiger partial charge in [-0.05, 0) is 53.6 Å². The smallest absolute Gasteiger partial charge is 0.206 e. The maximum absolute atomic E-state index is 8.97. The lowest BCUT2D eigenvalue weighted by molar-refractivity contribution is 0.415. The number of ether oxygens (including phenoxy) is 1. The van der Waals surface area contributed by atoms with Gasteiger partial charge >= 0.3 is 0 Å². The number of benzene rings is 3. The molecule has 0 N–H and O–H groups in total. The van der Waals surface area contributed by atoms with E-state index in [9.17, 15) is 0 Å². The molecule has 4 rings (SSSR count). The molecule has 0 aliphatic carbocycles. The summed E-state index contributed by atoms with van der Waals surface area (Å²) < 4.78 is 7.20. The van der Waals surface area contributed by atoms with Crippen LogP contribution in [0.2, 0.25) is 0 Å². The molecule has 0 fully saturated rings. The molecule has 1 heterocycles. The summed E-state index contributed by atoms with van der Waals surface area (Å²) in [6, 6.07) is 21.9. The Kier molecular flexibility index (Phi) is 5.73. The Hall–Kier alpha value is -3.69. The van der Waals surface area contributed by atoms with E-state index in [0.717, 1.165) is 38.1 Å². The number of thiazole rings is 1. The fraction of sp³-hybridized carbons (Fsp3) is 0.125. The van der Waals surface area contributed by atoms with E-state index in [0.29, 0.717) is 12.1 Å². The van der Waals surface area contributed by atoms with E-state index in [-0.39, 0.29) is 0 Å². The van der Waals surface area contributed by atoms with Gasteiger partial charge in [0.15, 0.2) is 0 Å². The van der Waals surface area contributed by atoms with Gasteiger partial charge in [-0.25, -0.2) is 4.68 Å². The largest absolute Gasteiger partial charge is 0.497 e.